The molecule has 3 aromatic rings. The summed E-state index contributed by atoms with van der Waals surface area (Å²) in [7, 11) is 0. The van der Waals surface area contributed by atoms with Gasteiger partial charge in [0.25, 0.3) is 0 Å². The Balaban J connectivity index is 1.47. The molecule has 1 unspecified atom stereocenters. The molecule has 1 N–H and O–H groups in total. The van der Waals surface area contributed by atoms with E-state index in [1.807, 2.05) is 43.3 Å². The van der Waals surface area contributed by atoms with Crippen LogP contribution in [0.2, 0.25) is 5.02 Å². The van der Waals surface area contributed by atoms with Gasteiger partial charge in [0.05, 0.1) is 6.61 Å². The van der Waals surface area contributed by atoms with Gasteiger partial charge in [-0.25, -0.2) is 4.79 Å². The molecule has 1 aliphatic heterocycles. The second-order valence-electron chi connectivity index (χ2n) is 6.71. The van der Waals surface area contributed by atoms with E-state index in [9.17, 15) is 4.79 Å². The summed E-state index contributed by atoms with van der Waals surface area (Å²) in [6, 6.07) is 14.1. The summed E-state index contributed by atoms with van der Waals surface area (Å²) in [5.41, 5.74) is 1.48. The highest BCUT2D eigenvalue weighted by Crippen LogP contribution is 2.33. The van der Waals surface area contributed by atoms with Gasteiger partial charge in [-0.3, -0.25) is 0 Å². The molecule has 1 aromatic heterocycles. The number of hydrogen-bond donors (Lipinski definition) is 1. The molecule has 2 heterocycles. The molecule has 0 spiro atoms. The first-order valence-corrected chi connectivity index (χ1v) is 9.92. The van der Waals surface area contributed by atoms with Crippen molar-refractivity contribution in [3.8, 4) is 17.1 Å². The SMILES string of the molecule is CCOc1ccc(NC(=O)N2CCCC2c2nc(-c3cccc(Cl)c3)no2)cc1. The number of carbonyl (C=O) groups is 1. The molecule has 1 atom stereocenters. The number of amides is 2. The smallest absolute Gasteiger partial charge is 0.322 e. The first-order chi connectivity index (χ1) is 14.1. The van der Waals surface area contributed by atoms with Gasteiger partial charge in [-0.2, -0.15) is 4.98 Å². The van der Waals surface area contributed by atoms with Crippen molar-refractivity contribution in [3.63, 3.8) is 0 Å². The third-order valence-corrected chi connectivity index (χ3v) is 4.97. The number of urea groups is 1. The van der Waals surface area contributed by atoms with Crippen LogP contribution in [0.15, 0.2) is 53.1 Å². The average Bonchev–Trinajstić information content (AvgIpc) is 3.39. The predicted molar refractivity (Wildman–Crippen MR) is 110 cm³/mol. The number of ether oxygens (including phenoxy) is 1. The summed E-state index contributed by atoms with van der Waals surface area (Å²) in [5.74, 6) is 1.66. The minimum absolute atomic E-state index is 0.195. The monoisotopic (exact) mass is 412 g/mol. The first kappa shape index (κ1) is 19.3. The third kappa shape index (κ3) is 4.35. The molecule has 0 radical (unpaired) electrons. The molecule has 8 heteroatoms. The van der Waals surface area contributed by atoms with Crippen LogP contribution in [0.25, 0.3) is 11.4 Å². The zero-order valence-corrected chi connectivity index (χ0v) is 16.7. The van der Waals surface area contributed by atoms with Gasteiger partial charge in [0, 0.05) is 22.8 Å². The van der Waals surface area contributed by atoms with Crippen LogP contribution in [-0.4, -0.2) is 34.2 Å². The molecule has 1 saturated heterocycles. The molecular formula is C21H21ClN4O3. The fourth-order valence-corrected chi connectivity index (χ4v) is 3.57. The Kier molecular flexibility index (Phi) is 5.67. The molecule has 1 fully saturated rings. The number of aromatic nitrogens is 2. The summed E-state index contributed by atoms with van der Waals surface area (Å²) in [5, 5.41) is 7.59. The van der Waals surface area contributed by atoms with Gasteiger partial charge in [0.2, 0.25) is 11.7 Å². The van der Waals surface area contributed by atoms with Gasteiger partial charge < -0.3 is 19.5 Å². The highest BCUT2D eigenvalue weighted by molar-refractivity contribution is 6.30. The topological polar surface area (TPSA) is 80.5 Å². The standard InChI is InChI=1S/C21H21ClN4O3/c1-2-28-17-10-8-16(9-11-17)23-21(27)26-12-4-7-18(26)20-24-19(25-29-20)14-5-3-6-15(22)13-14/h3,5-6,8-11,13,18H,2,4,7,12H2,1H3,(H,23,27). The molecule has 2 aromatic carbocycles. The van der Waals surface area contributed by atoms with Crippen molar-refractivity contribution in [3.05, 3.63) is 59.4 Å². The zero-order valence-electron chi connectivity index (χ0n) is 16.0. The molecule has 1 aliphatic rings. The van der Waals surface area contributed by atoms with Crippen LogP contribution in [0, 0.1) is 0 Å². The van der Waals surface area contributed by atoms with Crippen LogP contribution in [0.4, 0.5) is 10.5 Å². The Morgan fingerprint density at radius 1 is 1.31 bits per heavy atom. The maximum Gasteiger partial charge on any atom is 0.322 e. The number of nitrogens with zero attached hydrogens (tertiary/aromatic N) is 3. The Labute approximate surface area is 173 Å². The highest BCUT2D eigenvalue weighted by Gasteiger charge is 2.34. The Morgan fingerprint density at radius 3 is 2.90 bits per heavy atom. The normalized spacial score (nSPS) is 16.1. The number of hydrogen-bond acceptors (Lipinski definition) is 5. The molecule has 4 rings (SSSR count). The van der Waals surface area contributed by atoms with E-state index < -0.39 is 0 Å². The number of benzene rings is 2. The zero-order chi connectivity index (χ0) is 20.2. The van der Waals surface area contributed by atoms with E-state index in [1.165, 1.54) is 0 Å². The van der Waals surface area contributed by atoms with Crippen LogP contribution in [-0.2, 0) is 0 Å². The molecule has 150 valence electrons. The summed E-state index contributed by atoms with van der Waals surface area (Å²) in [4.78, 5) is 19.0. The number of anilines is 1. The summed E-state index contributed by atoms with van der Waals surface area (Å²) < 4.78 is 10.9. The van der Waals surface area contributed by atoms with Crippen LogP contribution in [0.3, 0.4) is 0 Å². The van der Waals surface area contributed by atoms with Crippen molar-refractivity contribution < 1.29 is 14.1 Å². The van der Waals surface area contributed by atoms with Gasteiger partial charge in [-0.15, -0.1) is 0 Å². The molecule has 0 aliphatic carbocycles. The Bertz CT molecular complexity index is 990. The second kappa shape index (κ2) is 8.53. The fraction of sp³-hybridized carbons (Fsp3) is 0.286. The largest absolute Gasteiger partial charge is 0.494 e. The molecule has 7 nitrogen and oxygen atoms in total. The predicted octanol–water partition coefficient (Wildman–Crippen LogP) is 5.16. The van der Waals surface area contributed by atoms with E-state index in [4.69, 9.17) is 20.9 Å². The van der Waals surface area contributed by atoms with Gasteiger partial charge in [-0.1, -0.05) is 28.9 Å². The maximum absolute atomic E-state index is 12.8. The van der Waals surface area contributed by atoms with Crippen molar-refractivity contribution in [1.29, 1.82) is 0 Å². The molecule has 29 heavy (non-hydrogen) atoms. The van der Waals surface area contributed by atoms with Crippen molar-refractivity contribution in [2.75, 3.05) is 18.5 Å². The third-order valence-electron chi connectivity index (χ3n) is 4.74. The van der Waals surface area contributed by atoms with E-state index in [-0.39, 0.29) is 12.1 Å². The van der Waals surface area contributed by atoms with Crippen LogP contribution < -0.4 is 10.1 Å². The van der Waals surface area contributed by atoms with Crippen molar-refractivity contribution >= 4 is 23.3 Å². The number of likely N-dealkylation sites (tertiary alicyclic amines) is 1. The molecule has 0 bridgehead atoms. The van der Waals surface area contributed by atoms with E-state index >= 15 is 0 Å². The minimum atomic E-state index is -0.252. The lowest BCUT2D eigenvalue weighted by molar-refractivity contribution is 0.193. The van der Waals surface area contributed by atoms with Crippen LogP contribution in [0.1, 0.15) is 31.7 Å². The average molecular weight is 413 g/mol. The highest BCUT2D eigenvalue weighted by atomic mass is 35.5. The summed E-state index contributed by atoms with van der Waals surface area (Å²) >= 11 is 6.04. The molecule has 2 amide bonds. The number of rotatable bonds is 5. The lowest BCUT2D eigenvalue weighted by Crippen LogP contribution is -2.34. The van der Waals surface area contributed by atoms with E-state index in [1.54, 1.807) is 17.0 Å². The lowest BCUT2D eigenvalue weighted by atomic mass is 10.2. The van der Waals surface area contributed by atoms with Gasteiger partial charge in [-0.05, 0) is 56.2 Å². The van der Waals surface area contributed by atoms with E-state index in [0.29, 0.717) is 35.6 Å². The lowest BCUT2D eigenvalue weighted by Gasteiger charge is -2.22. The molecular weight excluding hydrogens is 392 g/mol. The number of halogens is 1. The van der Waals surface area contributed by atoms with E-state index in [0.717, 1.165) is 24.2 Å². The van der Waals surface area contributed by atoms with E-state index in [2.05, 4.69) is 15.5 Å². The first-order valence-electron chi connectivity index (χ1n) is 9.54. The van der Waals surface area contributed by atoms with Crippen LogP contribution >= 0.6 is 11.6 Å². The number of carbonyl (C=O) groups excluding carboxylic acids is 1. The van der Waals surface area contributed by atoms with Gasteiger partial charge in [0.1, 0.15) is 11.8 Å². The van der Waals surface area contributed by atoms with Gasteiger partial charge >= 0.3 is 6.03 Å². The van der Waals surface area contributed by atoms with Crippen molar-refractivity contribution in [2.45, 2.75) is 25.8 Å². The number of nitrogens with one attached hydrogen (secondary N) is 1. The second-order valence-corrected chi connectivity index (χ2v) is 7.14. The minimum Gasteiger partial charge on any atom is -0.494 e. The van der Waals surface area contributed by atoms with Crippen molar-refractivity contribution in [1.82, 2.24) is 15.0 Å². The quantitative estimate of drug-likeness (QED) is 0.626. The summed E-state index contributed by atoms with van der Waals surface area (Å²) in [6.45, 7) is 3.16. The Hall–Kier alpha value is -3.06. The molecule has 0 saturated carbocycles. The van der Waals surface area contributed by atoms with Crippen molar-refractivity contribution in [2.24, 2.45) is 0 Å². The van der Waals surface area contributed by atoms with Crippen LogP contribution in [0.5, 0.6) is 5.75 Å². The summed E-state index contributed by atoms with van der Waals surface area (Å²) in [6.07, 6.45) is 1.64. The van der Waals surface area contributed by atoms with Gasteiger partial charge in [0.15, 0.2) is 0 Å². The maximum atomic E-state index is 12.8. The fourth-order valence-electron chi connectivity index (χ4n) is 3.38. The Morgan fingerprint density at radius 2 is 2.14 bits per heavy atom.